The summed E-state index contributed by atoms with van der Waals surface area (Å²) in [6, 6.07) is 6.72. The van der Waals surface area contributed by atoms with Crippen LogP contribution in [-0.4, -0.2) is 25.5 Å². The van der Waals surface area contributed by atoms with Gasteiger partial charge >= 0.3 is 0 Å². The molecule has 1 aliphatic heterocycles. The van der Waals surface area contributed by atoms with Crippen LogP contribution in [0.25, 0.3) is 0 Å². The Labute approximate surface area is 150 Å². The summed E-state index contributed by atoms with van der Waals surface area (Å²) < 4.78 is 13.1. The van der Waals surface area contributed by atoms with Crippen LogP contribution in [0.5, 0.6) is 0 Å². The van der Waals surface area contributed by atoms with Crippen molar-refractivity contribution in [3.63, 3.8) is 0 Å². The van der Waals surface area contributed by atoms with E-state index in [2.05, 4.69) is 17.6 Å². The second-order valence-corrected chi connectivity index (χ2v) is 7.35. The Bertz CT molecular complexity index is 539. The molecule has 1 saturated heterocycles. The summed E-state index contributed by atoms with van der Waals surface area (Å²) in [6.45, 7) is 5.00. The molecule has 2 aliphatic rings. The van der Waals surface area contributed by atoms with Crippen molar-refractivity contribution in [1.82, 2.24) is 10.6 Å². The summed E-state index contributed by atoms with van der Waals surface area (Å²) in [5, 5.41) is 6.53. The van der Waals surface area contributed by atoms with Gasteiger partial charge in [0.2, 0.25) is 5.91 Å². The Morgan fingerprint density at radius 1 is 1.38 bits per heavy atom. The zero-order chi connectivity index (χ0) is 16.3. The molecule has 0 spiro atoms. The number of carbonyl (C=O) groups excluding carboxylic acids is 1. The standard InChI is InChI=1S/C19H27FN2O.ClH/c1-14(15-3-2-10-21-12-15)11-18(23)22-13-19(8-9-19)16-4-6-17(20)7-5-16;/h4-7,14-15,21H,2-3,8-13H2,1H3,(H,22,23);1H. The molecule has 1 aliphatic carbocycles. The van der Waals surface area contributed by atoms with E-state index in [1.165, 1.54) is 25.0 Å². The van der Waals surface area contributed by atoms with Crippen LogP contribution in [0.3, 0.4) is 0 Å². The van der Waals surface area contributed by atoms with Gasteiger partial charge in [-0.3, -0.25) is 4.79 Å². The van der Waals surface area contributed by atoms with Gasteiger partial charge in [-0.05, 0) is 68.3 Å². The Balaban J connectivity index is 0.00000208. The monoisotopic (exact) mass is 354 g/mol. The molecular formula is C19H28ClFN2O. The molecule has 0 aromatic heterocycles. The number of hydrogen-bond donors (Lipinski definition) is 2. The van der Waals surface area contributed by atoms with Gasteiger partial charge in [0.15, 0.2) is 0 Å². The summed E-state index contributed by atoms with van der Waals surface area (Å²) in [6.07, 6.45) is 5.18. The third-order valence-corrected chi connectivity index (χ3v) is 5.58. The smallest absolute Gasteiger partial charge is 0.220 e. The average molecular weight is 355 g/mol. The molecule has 2 fully saturated rings. The molecule has 134 valence electrons. The van der Waals surface area contributed by atoms with Crippen LogP contribution >= 0.6 is 12.4 Å². The van der Waals surface area contributed by atoms with Gasteiger partial charge in [-0.1, -0.05) is 19.1 Å². The molecule has 3 nitrogen and oxygen atoms in total. The molecule has 1 saturated carbocycles. The van der Waals surface area contributed by atoms with Crippen LogP contribution in [0.1, 0.15) is 44.6 Å². The summed E-state index contributed by atoms with van der Waals surface area (Å²) in [4.78, 5) is 12.3. The van der Waals surface area contributed by atoms with Crippen molar-refractivity contribution >= 4 is 18.3 Å². The van der Waals surface area contributed by atoms with E-state index in [1.807, 2.05) is 12.1 Å². The van der Waals surface area contributed by atoms with Gasteiger partial charge in [0.1, 0.15) is 5.82 Å². The predicted octanol–water partition coefficient (Wildman–Crippen LogP) is 3.42. The molecule has 1 aromatic rings. The van der Waals surface area contributed by atoms with Crippen LogP contribution in [0.2, 0.25) is 0 Å². The van der Waals surface area contributed by atoms with E-state index >= 15 is 0 Å². The first-order valence-corrected chi connectivity index (χ1v) is 8.82. The second-order valence-electron chi connectivity index (χ2n) is 7.35. The van der Waals surface area contributed by atoms with Gasteiger partial charge < -0.3 is 10.6 Å². The first-order chi connectivity index (χ1) is 11.1. The van der Waals surface area contributed by atoms with Crippen molar-refractivity contribution in [2.24, 2.45) is 11.8 Å². The van der Waals surface area contributed by atoms with E-state index in [0.717, 1.165) is 31.5 Å². The van der Waals surface area contributed by atoms with Gasteiger partial charge in [0.25, 0.3) is 0 Å². The van der Waals surface area contributed by atoms with Crippen molar-refractivity contribution < 1.29 is 9.18 Å². The molecule has 3 rings (SSSR count). The largest absolute Gasteiger partial charge is 0.355 e. The topological polar surface area (TPSA) is 41.1 Å². The fraction of sp³-hybridized carbons (Fsp3) is 0.632. The van der Waals surface area contributed by atoms with Crippen molar-refractivity contribution in [3.05, 3.63) is 35.6 Å². The number of carbonyl (C=O) groups is 1. The van der Waals surface area contributed by atoms with E-state index in [-0.39, 0.29) is 29.5 Å². The quantitative estimate of drug-likeness (QED) is 0.821. The Morgan fingerprint density at radius 2 is 2.08 bits per heavy atom. The summed E-state index contributed by atoms with van der Waals surface area (Å²) >= 11 is 0. The second kappa shape index (κ2) is 8.30. The highest BCUT2D eigenvalue weighted by molar-refractivity contribution is 5.85. The number of amides is 1. The lowest BCUT2D eigenvalue weighted by Gasteiger charge is -2.28. The number of rotatable bonds is 6. The molecular weight excluding hydrogens is 327 g/mol. The maximum absolute atomic E-state index is 13.1. The minimum atomic E-state index is -0.205. The van der Waals surface area contributed by atoms with Gasteiger partial charge in [0.05, 0.1) is 0 Å². The van der Waals surface area contributed by atoms with E-state index in [0.29, 0.717) is 24.8 Å². The Hall–Kier alpha value is -1.13. The number of hydrogen-bond acceptors (Lipinski definition) is 2. The van der Waals surface area contributed by atoms with E-state index in [1.54, 1.807) is 0 Å². The van der Waals surface area contributed by atoms with E-state index in [9.17, 15) is 9.18 Å². The molecule has 5 heteroatoms. The Kier molecular flexibility index (Phi) is 6.64. The highest BCUT2D eigenvalue weighted by Crippen LogP contribution is 2.47. The third-order valence-electron chi connectivity index (χ3n) is 5.58. The van der Waals surface area contributed by atoms with Gasteiger partial charge in [-0.25, -0.2) is 4.39 Å². The summed E-state index contributed by atoms with van der Waals surface area (Å²) in [5.41, 5.74) is 1.18. The van der Waals surface area contributed by atoms with Crippen LogP contribution in [0.4, 0.5) is 4.39 Å². The highest BCUT2D eigenvalue weighted by atomic mass is 35.5. The fourth-order valence-electron chi connectivity index (χ4n) is 3.69. The minimum Gasteiger partial charge on any atom is -0.355 e. The molecule has 1 amide bonds. The number of halogens is 2. The van der Waals surface area contributed by atoms with Crippen LogP contribution in [-0.2, 0) is 10.2 Å². The lowest BCUT2D eigenvalue weighted by Crippen LogP contribution is -2.37. The molecule has 1 heterocycles. The summed E-state index contributed by atoms with van der Waals surface area (Å²) in [7, 11) is 0. The zero-order valence-corrected chi connectivity index (χ0v) is 15.1. The van der Waals surface area contributed by atoms with Gasteiger partial charge in [-0.2, -0.15) is 0 Å². The van der Waals surface area contributed by atoms with Crippen LogP contribution in [0, 0.1) is 17.7 Å². The summed E-state index contributed by atoms with van der Waals surface area (Å²) in [5.74, 6) is 0.977. The molecule has 1 aromatic carbocycles. The zero-order valence-electron chi connectivity index (χ0n) is 14.3. The molecule has 0 radical (unpaired) electrons. The molecule has 2 unspecified atom stereocenters. The third kappa shape index (κ3) is 4.70. The van der Waals surface area contributed by atoms with Crippen molar-refractivity contribution in [2.75, 3.05) is 19.6 Å². The van der Waals surface area contributed by atoms with Crippen molar-refractivity contribution in [3.8, 4) is 0 Å². The molecule has 2 N–H and O–H groups in total. The van der Waals surface area contributed by atoms with E-state index < -0.39 is 0 Å². The first-order valence-electron chi connectivity index (χ1n) is 8.82. The Morgan fingerprint density at radius 3 is 2.67 bits per heavy atom. The maximum atomic E-state index is 13.1. The van der Waals surface area contributed by atoms with Gasteiger partial charge in [-0.15, -0.1) is 12.4 Å². The number of nitrogens with one attached hydrogen (secondary N) is 2. The van der Waals surface area contributed by atoms with E-state index in [4.69, 9.17) is 0 Å². The lowest BCUT2D eigenvalue weighted by atomic mass is 9.85. The fourth-order valence-corrected chi connectivity index (χ4v) is 3.69. The normalized spacial score (nSPS) is 23.0. The molecule has 24 heavy (non-hydrogen) atoms. The van der Waals surface area contributed by atoms with Crippen molar-refractivity contribution in [2.45, 2.75) is 44.4 Å². The highest BCUT2D eigenvalue weighted by Gasteiger charge is 2.44. The van der Waals surface area contributed by atoms with Crippen LogP contribution < -0.4 is 10.6 Å². The lowest BCUT2D eigenvalue weighted by molar-refractivity contribution is -0.122. The first kappa shape index (κ1) is 19.2. The van der Waals surface area contributed by atoms with Gasteiger partial charge in [0, 0.05) is 18.4 Å². The SMILES string of the molecule is CC(CC(=O)NCC1(c2ccc(F)cc2)CC1)C1CCCNC1.Cl. The number of benzene rings is 1. The average Bonchev–Trinajstić information content (AvgIpc) is 3.35. The molecule has 2 atom stereocenters. The van der Waals surface area contributed by atoms with Crippen molar-refractivity contribution in [1.29, 1.82) is 0 Å². The number of piperidine rings is 1. The minimum absolute atomic E-state index is 0. The molecule has 0 bridgehead atoms. The maximum Gasteiger partial charge on any atom is 0.220 e. The predicted molar refractivity (Wildman–Crippen MR) is 96.9 cm³/mol. The van der Waals surface area contributed by atoms with Crippen LogP contribution in [0.15, 0.2) is 24.3 Å².